The molecule has 0 fully saturated rings. The number of nitrogens with zero attached hydrogens (tertiary/aromatic N) is 1. The zero-order valence-corrected chi connectivity index (χ0v) is 12.2. The van der Waals surface area contributed by atoms with Crippen molar-refractivity contribution in [3.63, 3.8) is 0 Å². The average Bonchev–Trinajstić information content (AvgIpc) is 2.88. The van der Waals surface area contributed by atoms with Crippen LogP contribution in [0.1, 0.15) is 11.4 Å². The Labute approximate surface area is 123 Å². The molecule has 0 unspecified atom stereocenters. The van der Waals surface area contributed by atoms with Crippen molar-refractivity contribution in [2.24, 2.45) is 0 Å². The first kappa shape index (κ1) is 13.0. The summed E-state index contributed by atoms with van der Waals surface area (Å²) >= 11 is 1.81. The Balaban J connectivity index is 1.76. The number of rotatable bonds is 4. The number of thioether (sulfide) groups is 1. The SMILES string of the molecule is Cc1[nH]c(-c2ccccc2)nc1CSc1ccccc1. The summed E-state index contributed by atoms with van der Waals surface area (Å²) in [6.07, 6.45) is 0. The van der Waals surface area contributed by atoms with Gasteiger partial charge in [0.1, 0.15) is 5.82 Å². The van der Waals surface area contributed by atoms with E-state index in [-0.39, 0.29) is 0 Å². The van der Waals surface area contributed by atoms with Crippen LogP contribution in [-0.2, 0) is 5.75 Å². The number of hydrogen-bond donors (Lipinski definition) is 1. The van der Waals surface area contributed by atoms with Gasteiger partial charge in [-0.1, -0.05) is 48.5 Å². The molecule has 0 aliphatic rings. The fourth-order valence-corrected chi connectivity index (χ4v) is 2.97. The Morgan fingerprint density at radius 3 is 2.30 bits per heavy atom. The van der Waals surface area contributed by atoms with Crippen molar-refractivity contribution in [3.8, 4) is 11.4 Å². The molecule has 2 nitrogen and oxygen atoms in total. The van der Waals surface area contributed by atoms with Crippen molar-refractivity contribution >= 4 is 11.8 Å². The summed E-state index contributed by atoms with van der Waals surface area (Å²) in [6.45, 7) is 2.08. The van der Waals surface area contributed by atoms with Crippen LogP contribution < -0.4 is 0 Å². The molecule has 1 aromatic heterocycles. The quantitative estimate of drug-likeness (QED) is 0.703. The Bertz CT molecular complexity index is 675. The third-order valence-corrected chi connectivity index (χ3v) is 4.17. The Hall–Kier alpha value is -2.00. The zero-order valence-electron chi connectivity index (χ0n) is 11.3. The van der Waals surface area contributed by atoms with E-state index in [0.29, 0.717) is 0 Å². The summed E-state index contributed by atoms with van der Waals surface area (Å²) in [4.78, 5) is 9.37. The van der Waals surface area contributed by atoms with Crippen molar-refractivity contribution < 1.29 is 0 Å². The molecule has 2 aromatic carbocycles. The van der Waals surface area contributed by atoms with Crippen LogP contribution in [0, 0.1) is 6.92 Å². The summed E-state index contributed by atoms with van der Waals surface area (Å²) in [7, 11) is 0. The topological polar surface area (TPSA) is 28.7 Å². The van der Waals surface area contributed by atoms with Gasteiger partial charge in [0, 0.05) is 21.9 Å². The van der Waals surface area contributed by atoms with Gasteiger partial charge < -0.3 is 4.98 Å². The van der Waals surface area contributed by atoms with E-state index >= 15 is 0 Å². The molecule has 100 valence electrons. The highest BCUT2D eigenvalue weighted by Crippen LogP contribution is 2.25. The molecule has 0 saturated carbocycles. The maximum absolute atomic E-state index is 4.72. The van der Waals surface area contributed by atoms with Gasteiger partial charge in [-0.15, -0.1) is 11.8 Å². The first-order valence-corrected chi connectivity index (χ1v) is 7.60. The highest BCUT2D eigenvalue weighted by Gasteiger charge is 2.08. The van der Waals surface area contributed by atoms with Crippen LogP contribution >= 0.6 is 11.8 Å². The van der Waals surface area contributed by atoms with Crippen LogP contribution in [0.2, 0.25) is 0 Å². The third kappa shape index (κ3) is 2.94. The summed E-state index contributed by atoms with van der Waals surface area (Å²) in [5.74, 6) is 1.84. The minimum atomic E-state index is 0.888. The Morgan fingerprint density at radius 2 is 1.60 bits per heavy atom. The molecule has 20 heavy (non-hydrogen) atoms. The molecule has 0 bridgehead atoms. The van der Waals surface area contributed by atoms with Gasteiger partial charge in [0.05, 0.1) is 5.69 Å². The number of imidazole rings is 1. The maximum atomic E-state index is 4.72. The largest absolute Gasteiger partial charge is 0.342 e. The Morgan fingerprint density at radius 1 is 0.950 bits per heavy atom. The van der Waals surface area contributed by atoms with Crippen LogP contribution in [0.15, 0.2) is 65.6 Å². The molecule has 0 amide bonds. The highest BCUT2D eigenvalue weighted by atomic mass is 32.2. The third-order valence-electron chi connectivity index (χ3n) is 3.15. The lowest BCUT2D eigenvalue weighted by molar-refractivity contribution is 1.19. The van der Waals surface area contributed by atoms with Crippen LogP contribution in [0.3, 0.4) is 0 Å². The normalized spacial score (nSPS) is 10.7. The molecule has 0 saturated heterocycles. The van der Waals surface area contributed by atoms with Gasteiger partial charge in [-0.2, -0.15) is 0 Å². The second-order valence-electron chi connectivity index (χ2n) is 4.62. The molecular weight excluding hydrogens is 264 g/mol. The number of benzene rings is 2. The molecule has 3 rings (SSSR count). The molecule has 0 spiro atoms. The lowest BCUT2D eigenvalue weighted by Gasteiger charge is -1.99. The van der Waals surface area contributed by atoms with Gasteiger partial charge in [-0.25, -0.2) is 4.98 Å². The summed E-state index contributed by atoms with van der Waals surface area (Å²) in [5.41, 5.74) is 3.40. The van der Waals surface area contributed by atoms with E-state index < -0.39 is 0 Å². The van der Waals surface area contributed by atoms with Gasteiger partial charge in [0.2, 0.25) is 0 Å². The number of aromatic nitrogens is 2. The van der Waals surface area contributed by atoms with Crippen LogP contribution in [0.25, 0.3) is 11.4 Å². The molecule has 1 N–H and O–H groups in total. The van der Waals surface area contributed by atoms with Crippen molar-refractivity contribution in [2.75, 3.05) is 0 Å². The van der Waals surface area contributed by atoms with Crippen molar-refractivity contribution in [3.05, 3.63) is 72.1 Å². The van der Waals surface area contributed by atoms with Crippen LogP contribution in [0.4, 0.5) is 0 Å². The molecule has 0 aliphatic heterocycles. The van der Waals surface area contributed by atoms with E-state index in [1.807, 2.05) is 36.0 Å². The first-order chi connectivity index (χ1) is 9.83. The van der Waals surface area contributed by atoms with Crippen molar-refractivity contribution in [1.82, 2.24) is 9.97 Å². The molecule has 0 radical (unpaired) electrons. The number of aryl methyl sites for hydroxylation is 1. The minimum Gasteiger partial charge on any atom is -0.342 e. The maximum Gasteiger partial charge on any atom is 0.137 e. The molecule has 0 atom stereocenters. The monoisotopic (exact) mass is 280 g/mol. The average molecular weight is 280 g/mol. The Kier molecular flexibility index (Phi) is 3.88. The standard InChI is InChI=1S/C17H16N2S/c1-13-16(12-20-15-10-6-3-7-11-15)19-17(18-13)14-8-4-2-5-9-14/h2-11H,12H2,1H3,(H,18,19). The molecule has 3 heteroatoms. The summed E-state index contributed by atoms with van der Waals surface area (Å²) in [6, 6.07) is 20.7. The molecule has 0 aliphatic carbocycles. The number of H-pyrrole nitrogens is 1. The zero-order chi connectivity index (χ0) is 13.8. The van der Waals surface area contributed by atoms with Gasteiger partial charge in [0.25, 0.3) is 0 Å². The van der Waals surface area contributed by atoms with E-state index in [2.05, 4.69) is 48.3 Å². The predicted octanol–water partition coefficient (Wildman–Crippen LogP) is 4.68. The van der Waals surface area contributed by atoms with Gasteiger partial charge >= 0.3 is 0 Å². The smallest absolute Gasteiger partial charge is 0.137 e. The van der Waals surface area contributed by atoms with E-state index in [9.17, 15) is 0 Å². The molecular formula is C17H16N2S. The van der Waals surface area contributed by atoms with E-state index in [1.165, 1.54) is 4.90 Å². The van der Waals surface area contributed by atoms with E-state index in [4.69, 9.17) is 4.98 Å². The van der Waals surface area contributed by atoms with E-state index in [0.717, 1.165) is 28.5 Å². The van der Waals surface area contributed by atoms with Gasteiger partial charge in [-0.3, -0.25) is 0 Å². The lowest BCUT2D eigenvalue weighted by Crippen LogP contribution is -1.84. The second kappa shape index (κ2) is 5.97. The van der Waals surface area contributed by atoms with Crippen molar-refractivity contribution in [1.29, 1.82) is 0 Å². The summed E-state index contributed by atoms with van der Waals surface area (Å²) in [5, 5.41) is 0. The fraction of sp³-hybridized carbons (Fsp3) is 0.118. The van der Waals surface area contributed by atoms with Gasteiger partial charge in [-0.05, 0) is 19.1 Å². The second-order valence-corrected chi connectivity index (χ2v) is 5.67. The summed E-state index contributed by atoms with van der Waals surface area (Å²) < 4.78 is 0. The molecule has 1 heterocycles. The van der Waals surface area contributed by atoms with E-state index in [1.54, 1.807) is 0 Å². The molecule has 3 aromatic rings. The first-order valence-electron chi connectivity index (χ1n) is 6.61. The number of hydrogen-bond acceptors (Lipinski definition) is 2. The predicted molar refractivity (Wildman–Crippen MR) is 84.8 cm³/mol. The number of aromatic amines is 1. The lowest BCUT2D eigenvalue weighted by atomic mass is 10.2. The van der Waals surface area contributed by atoms with Gasteiger partial charge in [0.15, 0.2) is 0 Å². The van der Waals surface area contributed by atoms with Crippen LogP contribution in [0.5, 0.6) is 0 Å². The van der Waals surface area contributed by atoms with Crippen molar-refractivity contribution in [2.45, 2.75) is 17.6 Å². The fourth-order valence-electron chi connectivity index (χ4n) is 2.04. The minimum absolute atomic E-state index is 0.888. The van der Waals surface area contributed by atoms with Crippen LogP contribution in [-0.4, -0.2) is 9.97 Å². The highest BCUT2D eigenvalue weighted by molar-refractivity contribution is 7.98. The number of nitrogens with one attached hydrogen (secondary N) is 1.